The van der Waals surface area contributed by atoms with E-state index in [1.54, 1.807) is 7.11 Å². The Morgan fingerprint density at radius 2 is 2.13 bits per heavy atom. The number of nitrogens with two attached hydrogens (primary N) is 1. The molecule has 0 amide bonds. The molecule has 1 aliphatic rings. The quantitative estimate of drug-likeness (QED) is 0.818. The van der Waals surface area contributed by atoms with Crippen LogP contribution in [0.4, 0.5) is 0 Å². The van der Waals surface area contributed by atoms with Gasteiger partial charge in [-0.1, -0.05) is 17.7 Å². The van der Waals surface area contributed by atoms with Gasteiger partial charge in [0.05, 0.1) is 7.11 Å². The lowest BCUT2D eigenvalue weighted by atomic mass is 9.95. The zero-order valence-corrected chi connectivity index (χ0v) is 9.55. The molecule has 0 aliphatic heterocycles. The van der Waals surface area contributed by atoms with Gasteiger partial charge in [0.1, 0.15) is 5.75 Å². The molecule has 0 radical (unpaired) electrons. The molecule has 2 N–H and O–H groups in total. The lowest BCUT2D eigenvalue weighted by molar-refractivity contribution is 0.402. The molecular weight excluding hydrogens is 186 g/mol. The Morgan fingerprint density at radius 1 is 1.40 bits per heavy atom. The summed E-state index contributed by atoms with van der Waals surface area (Å²) in [7, 11) is 1.73. The molecule has 2 nitrogen and oxygen atoms in total. The second-order valence-electron chi connectivity index (χ2n) is 4.70. The van der Waals surface area contributed by atoms with Crippen molar-refractivity contribution < 1.29 is 4.74 Å². The third kappa shape index (κ3) is 2.15. The highest BCUT2D eigenvalue weighted by Crippen LogP contribution is 2.48. The van der Waals surface area contributed by atoms with Gasteiger partial charge < -0.3 is 10.5 Å². The van der Waals surface area contributed by atoms with Crippen LogP contribution in [0.3, 0.4) is 0 Å². The van der Waals surface area contributed by atoms with Crippen molar-refractivity contribution in [3.63, 3.8) is 0 Å². The molecule has 15 heavy (non-hydrogen) atoms. The van der Waals surface area contributed by atoms with E-state index >= 15 is 0 Å². The number of rotatable bonds is 4. The number of hydrogen-bond acceptors (Lipinski definition) is 2. The second kappa shape index (κ2) is 3.86. The fourth-order valence-corrected chi connectivity index (χ4v) is 2.08. The largest absolute Gasteiger partial charge is 0.496 e. The summed E-state index contributed by atoms with van der Waals surface area (Å²) >= 11 is 0. The first kappa shape index (κ1) is 10.5. The normalized spacial score (nSPS) is 17.5. The standard InChI is InChI=1S/C13H19NO/c1-10-3-4-12(15-2)11(7-10)8-13(9-14)5-6-13/h3-4,7H,5-6,8-9,14H2,1-2H3. The molecule has 0 saturated heterocycles. The van der Waals surface area contributed by atoms with Gasteiger partial charge in [0, 0.05) is 0 Å². The van der Waals surface area contributed by atoms with Crippen molar-refractivity contribution in [1.29, 1.82) is 0 Å². The Hall–Kier alpha value is -1.02. The first-order valence-corrected chi connectivity index (χ1v) is 5.53. The summed E-state index contributed by atoms with van der Waals surface area (Å²) in [5.74, 6) is 1.00. The predicted molar refractivity (Wildman–Crippen MR) is 62.2 cm³/mol. The molecule has 1 saturated carbocycles. The highest BCUT2D eigenvalue weighted by Gasteiger charge is 2.41. The Labute approximate surface area is 91.4 Å². The van der Waals surface area contributed by atoms with Gasteiger partial charge in [-0.25, -0.2) is 0 Å². The van der Waals surface area contributed by atoms with E-state index in [4.69, 9.17) is 10.5 Å². The Morgan fingerprint density at radius 3 is 2.67 bits per heavy atom. The molecule has 0 atom stereocenters. The highest BCUT2D eigenvalue weighted by molar-refractivity contribution is 5.38. The van der Waals surface area contributed by atoms with Gasteiger partial charge in [0.2, 0.25) is 0 Å². The van der Waals surface area contributed by atoms with Crippen molar-refractivity contribution in [1.82, 2.24) is 0 Å². The van der Waals surface area contributed by atoms with Gasteiger partial charge in [-0.3, -0.25) is 0 Å². The summed E-state index contributed by atoms with van der Waals surface area (Å²) in [6, 6.07) is 6.36. The van der Waals surface area contributed by atoms with Crippen LogP contribution in [0, 0.1) is 12.3 Å². The van der Waals surface area contributed by atoms with Crippen molar-refractivity contribution in [2.45, 2.75) is 26.2 Å². The van der Waals surface area contributed by atoms with E-state index in [-0.39, 0.29) is 0 Å². The summed E-state index contributed by atoms with van der Waals surface area (Å²) in [6.45, 7) is 2.91. The molecule has 0 bridgehead atoms. The molecule has 1 aliphatic carbocycles. The van der Waals surface area contributed by atoms with Gasteiger partial charge in [-0.15, -0.1) is 0 Å². The monoisotopic (exact) mass is 205 g/mol. The van der Waals surface area contributed by atoms with Crippen molar-refractivity contribution in [2.24, 2.45) is 11.1 Å². The minimum atomic E-state index is 0.376. The fraction of sp³-hybridized carbons (Fsp3) is 0.538. The molecule has 0 heterocycles. The maximum Gasteiger partial charge on any atom is 0.122 e. The van der Waals surface area contributed by atoms with Gasteiger partial charge in [0.15, 0.2) is 0 Å². The Balaban J connectivity index is 2.22. The third-order valence-electron chi connectivity index (χ3n) is 3.39. The minimum absolute atomic E-state index is 0.376. The smallest absolute Gasteiger partial charge is 0.122 e. The van der Waals surface area contributed by atoms with Gasteiger partial charge in [0.25, 0.3) is 0 Å². The van der Waals surface area contributed by atoms with Crippen LogP contribution in [0.5, 0.6) is 5.75 Å². The maximum absolute atomic E-state index is 5.81. The van der Waals surface area contributed by atoms with Crippen LogP contribution in [-0.4, -0.2) is 13.7 Å². The first-order valence-electron chi connectivity index (χ1n) is 5.53. The number of methoxy groups -OCH3 is 1. The van der Waals surface area contributed by atoms with Crippen molar-refractivity contribution in [3.05, 3.63) is 29.3 Å². The lowest BCUT2D eigenvalue weighted by Crippen LogP contribution is -2.18. The Kier molecular flexibility index (Phi) is 2.70. The summed E-state index contributed by atoms with van der Waals surface area (Å²) in [6.07, 6.45) is 3.59. The average Bonchev–Trinajstić information content (AvgIpc) is 2.99. The maximum atomic E-state index is 5.81. The van der Waals surface area contributed by atoms with Gasteiger partial charge in [-0.05, 0) is 49.8 Å². The van der Waals surface area contributed by atoms with Crippen LogP contribution in [-0.2, 0) is 6.42 Å². The van der Waals surface area contributed by atoms with E-state index < -0.39 is 0 Å². The average molecular weight is 205 g/mol. The molecule has 2 heteroatoms. The molecule has 2 rings (SSSR count). The number of benzene rings is 1. The fourth-order valence-electron chi connectivity index (χ4n) is 2.08. The summed E-state index contributed by atoms with van der Waals surface area (Å²) < 4.78 is 5.38. The third-order valence-corrected chi connectivity index (χ3v) is 3.39. The predicted octanol–water partition coefficient (Wildman–Crippen LogP) is 2.29. The molecule has 1 aromatic rings. The zero-order chi connectivity index (χ0) is 10.9. The highest BCUT2D eigenvalue weighted by atomic mass is 16.5. The second-order valence-corrected chi connectivity index (χ2v) is 4.70. The van der Waals surface area contributed by atoms with E-state index in [0.29, 0.717) is 5.41 Å². The molecule has 1 fully saturated rings. The topological polar surface area (TPSA) is 35.2 Å². The van der Waals surface area contributed by atoms with Crippen LogP contribution >= 0.6 is 0 Å². The molecule has 0 spiro atoms. The SMILES string of the molecule is COc1ccc(C)cc1CC1(CN)CC1. The summed E-state index contributed by atoms with van der Waals surface area (Å²) in [5.41, 5.74) is 8.78. The number of ether oxygens (including phenoxy) is 1. The van der Waals surface area contributed by atoms with E-state index in [9.17, 15) is 0 Å². The lowest BCUT2D eigenvalue weighted by Gasteiger charge is -2.15. The van der Waals surface area contributed by atoms with E-state index in [2.05, 4.69) is 25.1 Å². The van der Waals surface area contributed by atoms with Crippen LogP contribution in [0.15, 0.2) is 18.2 Å². The van der Waals surface area contributed by atoms with Crippen molar-refractivity contribution >= 4 is 0 Å². The number of aryl methyl sites for hydroxylation is 1. The van der Waals surface area contributed by atoms with Crippen LogP contribution in [0.2, 0.25) is 0 Å². The number of hydrogen-bond donors (Lipinski definition) is 1. The molecular formula is C13H19NO. The van der Waals surface area contributed by atoms with Crippen molar-refractivity contribution in [3.8, 4) is 5.75 Å². The van der Waals surface area contributed by atoms with Crippen LogP contribution in [0.1, 0.15) is 24.0 Å². The van der Waals surface area contributed by atoms with E-state index in [1.165, 1.54) is 24.0 Å². The van der Waals surface area contributed by atoms with Crippen LogP contribution < -0.4 is 10.5 Å². The van der Waals surface area contributed by atoms with E-state index in [1.807, 2.05) is 0 Å². The van der Waals surface area contributed by atoms with Gasteiger partial charge in [-0.2, -0.15) is 0 Å². The zero-order valence-electron chi connectivity index (χ0n) is 9.55. The summed E-state index contributed by atoms with van der Waals surface area (Å²) in [5, 5.41) is 0. The van der Waals surface area contributed by atoms with E-state index in [0.717, 1.165) is 18.7 Å². The first-order chi connectivity index (χ1) is 7.19. The van der Waals surface area contributed by atoms with Crippen molar-refractivity contribution in [2.75, 3.05) is 13.7 Å². The molecule has 0 aromatic heterocycles. The van der Waals surface area contributed by atoms with Gasteiger partial charge >= 0.3 is 0 Å². The summed E-state index contributed by atoms with van der Waals surface area (Å²) in [4.78, 5) is 0. The molecule has 0 unspecified atom stereocenters. The van der Waals surface area contributed by atoms with Crippen LogP contribution in [0.25, 0.3) is 0 Å². The minimum Gasteiger partial charge on any atom is -0.496 e. The molecule has 1 aromatic carbocycles. The molecule has 82 valence electrons. The Bertz CT molecular complexity index is 356.